The molecule has 1 saturated carbocycles. The highest BCUT2D eigenvalue weighted by Crippen LogP contribution is 2.17. The molecule has 0 atom stereocenters. The topological polar surface area (TPSA) is 51.1 Å². The predicted octanol–water partition coefficient (Wildman–Crippen LogP) is 3.87. The van der Waals surface area contributed by atoms with Crippen LogP contribution in [-0.2, 0) is 11.3 Å². The Morgan fingerprint density at radius 3 is 2.40 bits per heavy atom. The fourth-order valence-electron chi connectivity index (χ4n) is 3.44. The number of rotatable bonds is 5. The highest BCUT2D eigenvalue weighted by atomic mass is 16.2. The van der Waals surface area contributed by atoms with E-state index in [1.165, 1.54) is 18.4 Å². The van der Waals surface area contributed by atoms with E-state index in [0.29, 0.717) is 12.2 Å². The molecular formula is C21H26N2O2. The molecule has 132 valence electrons. The second-order valence-electron chi connectivity index (χ2n) is 7.00. The average molecular weight is 338 g/mol. The molecule has 25 heavy (non-hydrogen) atoms. The van der Waals surface area contributed by atoms with Crippen molar-refractivity contribution in [3.63, 3.8) is 0 Å². The maximum atomic E-state index is 12.6. The molecule has 0 bridgehead atoms. The summed E-state index contributed by atoms with van der Waals surface area (Å²) in [5.41, 5.74) is 2.77. The van der Waals surface area contributed by atoms with Crippen molar-refractivity contribution in [2.75, 3.05) is 0 Å². The Morgan fingerprint density at radius 2 is 1.72 bits per heavy atom. The molecule has 1 amide bonds. The number of hydrogen-bond acceptors (Lipinski definition) is 2. The molecule has 1 aromatic heterocycles. The van der Waals surface area contributed by atoms with E-state index in [1.807, 2.05) is 23.8 Å². The third kappa shape index (κ3) is 4.59. The van der Waals surface area contributed by atoms with Gasteiger partial charge in [0.2, 0.25) is 0 Å². The predicted molar refractivity (Wildman–Crippen MR) is 98.7 cm³/mol. The van der Waals surface area contributed by atoms with Gasteiger partial charge in [-0.25, -0.2) is 0 Å². The molecule has 4 nitrogen and oxygen atoms in total. The summed E-state index contributed by atoms with van der Waals surface area (Å²) in [6.07, 6.45) is 8.50. The molecule has 0 radical (unpaired) electrons. The smallest absolute Gasteiger partial charge is 0.294 e. The Bertz CT molecular complexity index is 723. The highest BCUT2D eigenvalue weighted by Gasteiger charge is 2.23. The van der Waals surface area contributed by atoms with Crippen molar-refractivity contribution in [3.8, 4) is 0 Å². The standard InChI is InChI=1S/C21H26N2O2/c1-16-10-12-17(13-11-16)15-23-14-6-9-19(23)20(24)21(25)22-18-7-4-2-3-5-8-18/h6,9-14,18H,2-5,7-8,15H2,1H3,(H,22,25). The van der Waals surface area contributed by atoms with E-state index < -0.39 is 11.7 Å². The number of aryl methyl sites for hydroxylation is 1. The van der Waals surface area contributed by atoms with Crippen molar-refractivity contribution in [3.05, 3.63) is 59.4 Å². The lowest BCUT2D eigenvalue weighted by Gasteiger charge is -2.16. The van der Waals surface area contributed by atoms with Gasteiger partial charge in [-0.3, -0.25) is 9.59 Å². The summed E-state index contributed by atoms with van der Waals surface area (Å²) in [4.78, 5) is 25.0. The van der Waals surface area contributed by atoms with Gasteiger partial charge in [-0.1, -0.05) is 55.5 Å². The van der Waals surface area contributed by atoms with Crippen LogP contribution in [0.2, 0.25) is 0 Å². The first-order valence-corrected chi connectivity index (χ1v) is 9.19. The van der Waals surface area contributed by atoms with E-state index in [1.54, 1.807) is 6.07 Å². The average Bonchev–Trinajstić information content (AvgIpc) is 2.91. The Morgan fingerprint density at radius 1 is 1.04 bits per heavy atom. The monoisotopic (exact) mass is 338 g/mol. The van der Waals surface area contributed by atoms with Crippen LogP contribution in [0.5, 0.6) is 0 Å². The van der Waals surface area contributed by atoms with Gasteiger partial charge in [-0.2, -0.15) is 0 Å². The lowest BCUT2D eigenvalue weighted by atomic mass is 10.1. The number of amides is 1. The molecular weight excluding hydrogens is 312 g/mol. The van der Waals surface area contributed by atoms with Crippen LogP contribution in [0.4, 0.5) is 0 Å². The minimum absolute atomic E-state index is 0.138. The van der Waals surface area contributed by atoms with Crippen molar-refractivity contribution in [2.45, 2.75) is 58.0 Å². The first kappa shape index (κ1) is 17.5. The van der Waals surface area contributed by atoms with Gasteiger partial charge in [-0.15, -0.1) is 0 Å². The van der Waals surface area contributed by atoms with E-state index in [0.717, 1.165) is 31.2 Å². The fraction of sp³-hybridized carbons (Fsp3) is 0.429. The maximum Gasteiger partial charge on any atom is 0.294 e. The Balaban J connectivity index is 1.66. The number of Topliss-reactive ketones (excluding diaryl/α,β-unsaturated/α-hetero) is 1. The van der Waals surface area contributed by atoms with E-state index >= 15 is 0 Å². The summed E-state index contributed by atoms with van der Waals surface area (Å²) >= 11 is 0. The molecule has 0 saturated heterocycles. The number of carbonyl (C=O) groups is 2. The number of nitrogens with zero attached hydrogens (tertiary/aromatic N) is 1. The Hall–Kier alpha value is -2.36. The van der Waals surface area contributed by atoms with Crippen molar-refractivity contribution in [1.82, 2.24) is 9.88 Å². The molecule has 1 fully saturated rings. The highest BCUT2D eigenvalue weighted by molar-refractivity contribution is 6.42. The third-order valence-corrected chi connectivity index (χ3v) is 4.93. The van der Waals surface area contributed by atoms with Gasteiger partial charge >= 0.3 is 0 Å². The molecule has 1 aromatic carbocycles. The Labute approximate surface area is 149 Å². The minimum atomic E-state index is -0.476. The van der Waals surface area contributed by atoms with E-state index in [2.05, 4.69) is 29.6 Å². The zero-order valence-corrected chi connectivity index (χ0v) is 14.8. The number of ketones is 1. The van der Waals surface area contributed by atoms with Crippen LogP contribution in [0.25, 0.3) is 0 Å². The second kappa shape index (κ2) is 8.15. The minimum Gasteiger partial charge on any atom is -0.346 e. The summed E-state index contributed by atoms with van der Waals surface area (Å²) < 4.78 is 1.85. The molecule has 1 aliphatic carbocycles. The van der Waals surface area contributed by atoms with Gasteiger partial charge in [0.1, 0.15) is 0 Å². The molecule has 3 rings (SSSR count). The van der Waals surface area contributed by atoms with Gasteiger partial charge in [0.15, 0.2) is 0 Å². The summed E-state index contributed by atoms with van der Waals surface area (Å²) in [5, 5.41) is 2.94. The van der Waals surface area contributed by atoms with Crippen molar-refractivity contribution in [1.29, 1.82) is 0 Å². The van der Waals surface area contributed by atoms with Crippen LogP contribution in [0.1, 0.15) is 60.1 Å². The van der Waals surface area contributed by atoms with Gasteiger partial charge in [0.05, 0.1) is 5.69 Å². The van der Waals surface area contributed by atoms with Crippen LogP contribution in [0.3, 0.4) is 0 Å². The normalized spacial score (nSPS) is 15.6. The van der Waals surface area contributed by atoms with Gasteiger partial charge in [0, 0.05) is 18.8 Å². The second-order valence-corrected chi connectivity index (χ2v) is 7.00. The van der Waals surface area contributed by atoms with Crippen molar-refractivity contribution >= 4 is 11.7 Å². The molecule has 1 N–H and O–H groups in total. The number of carbonyl (C=O) groups excluding carboxylic acids is 2. The SMILES string of the molecule is Cc1ccc(Cn2cccc2C(=O)C(=O)NC2CCCCCC2)cc1. The molecule has 1 aliphatic rings. The van der Waals surface area contributed by atoms with Crippen LogP contribution in [0.15, 0.2) is 42.6 Å². The number of benzene rings is 1. The summed E-state index contributed by atoms with van der Waals surface area (Å²) in [6.45, 7) is 2.64. The molecule has 4 heteroatoms. The molecule has 0 spiro atoms. The molecule has 1 heterocycles. The van der Waals surface area contributed by atoms with Crippen LogP contribution in [-0.4, -0.2) is 22.3 Å². The first-order valence-electron chi connectivity index (χ1n) is 9.19. The molecule has 2 aromatic rings. The van der Waals surface area contributed by atoms with E-state index in [9.17, 15) is 9.59 Å². The summed E-state index contributed by atoms with van der Waals surface area (Å²) in [7, 11) is 0. The van der Waals surface area contributed by atoms with Crippen LogP contribution >= 0.6 is 0 Å². The zero-order valence-electron chi connectivity index (χ0n) is 14.8. The van der Waals surface area contributed by atoms with Crippen LogP contribution in [0, 0.1) is 6.92 Å². The lowest BCUT2D eigenvalue weighted by molar-refractivity contribution is -0.117. The van der Waals surface area contributed by atoms with Crippen molar-refractivity contribution < 1.29 is 9.59 Å². The third-order valence-electron chi connectivity index (χ3n) is 4.93. The van der Waals surface area contributed by atoms with E-state index in [-0.39, 0.29) is 6.04 Å². The van der Waals surface area contributed by atoms with Crippen LogP contribution < -0.4 is 5.32 Å². The number of hydrogen-bond donors (Lipinski definition) is 1. The Kier molecular flexibility index (Phi) is 5.69. The lowest BCUT2D eigenvalue weighted by Crippen LogP contribution is -2.39. The molecule has 0 aliphatic heterocycles. The quantitative estimate of drug-likeness (QED) is 0.511. The largest absolute Gasteiger partial charge is 0.346 e. The van der Waals surface area contributed by atoms with Crippen molar-refractivity contribution in [2.24, 2.45) is 0 Å². The molecule has 0 unspecified atom stereocenters. The first-order chi connectivity index (χ1) is 12.1. The summed E-state index contributed by atoms with van der Waals surface area (Å²) in [5.74, 6) is -0.919. The number of aromatic nitrogens is 1. The number of nitrogens with one attached hydrogen (secondary N) is 1. The van der Waals surface area contributed by atoms with Gasteiger partial charge in [0.25, 0.3) is 11.7 Å². The summed E-state index contributed by atoms with van der Waals surface area (Å²) in [6, 6.07) is 11.9. The maximum absolute atomic E-state index is 12.6. The fourth-order valence-corrected chi connectivity index (χ4v) is 3.44. The van der Waals surface area contributed by atoms with Gasteiger partial charge in [-0.05, 0) is 37.5 Å². The van der Waals surface area contributed by atoms with Gasteiger partial charge < -0.3 is 9.88 Å². The zero-order chi connectivity index (χ0) is 17.6. The van der Waals surface area contributed by atoms with E-state index in [4.69, 9.17) is 0 Å².